The number of ether oxygens (including phenoxy) is 1. The summed E-state index contributed by atoms with van der Waals surface area (Å²) < 4.78 is 5.96. The van der Waals surface area contributed by atoms with E-state index in [9.17, 15) is 4.79 Å². The highest BCUT2D eigenvalue weighted by Crippen LogP contribution is 2.23. The van der Waals surface area contributed by atoms with Crippen LogP contribution in [-0.2, 0) is 24.4 Å². The monoisotopic (exact) mass is 408 g/mol. The molecular weight excluding hydrogens is 380 g/mol. The molecule has 0 aliphatic carbocycles. The van der Waals surface area contributed by atoms with E-state index in [-0.39, 0.29) is 11.9 Å². The summed E-state index contributed by atoms with van der Waals surface area (Å²) in [5.74, 6) is 1.01. The number of hydrogen-bond donors (Lipinski definition) is 0. The summed E-state index contributed by atoms with van der Waals surface area (Å²) in [5, 5.41) is 2.94. The molecule has 0 saturated carbocycles. The topological polar surface area (TPSA) is 42.4 Å². The van der Waals surface area contributed by atoms with Gasteiger partial charge in [-0.3, -0.25) is 4.79 Å². The molecule has 0 aliphatic heterocycles. The van der Waals surface area contributed by atoms with Crippen molar-refractivity contribution in [2.45, 2.75) is 53.3 Å². The molecule has 1 heterocycles. The molecule has 2 aromatic carbocycles. The first kappa shape index (κ1) is 21.1. The van der Waals surface area contributed by atoms with E-state index < -0.39 is 0 Å². The first-order chi connectivity index (χ1) is 13.9. The van der Waals surface area contributed by atoms with Crippen LogP contribution in [0.15, 0.2) is 53.9 Å². The molecule has 0 radical (unpaired) electrons. The second-order valence-corrected chi connectivity index (χ2v) is 8.44. The van der Waals surface area contributed by atoms with Gasteiger partial charge in [0.1, 0.15) is 17.4 Å². The highest BCUT2D eigenvalue weighted by atomic mass is 32.1. The zero-order valence-electron chi connectivity index (χ0n) is 17.5. The predicted octanol–water partition coefficient (Wildman–Crippen LogP) is 5.32. The van der Waals surface area contributed by atoms with E-state index >= 15 is 0 Å². The smallest absolute Gasteiger partial charge is 0.227 e. The Hall–Kier alpha value is -2.66. The van der Waals surface area contributed by atoms with E-state index in [1.807, 2.05) is 66.6 Å². The summed E-state index contributed by atoms with van der Waals surface area (Å²) in [5.41, 5.74) is 4.31. The molecule has 29 heavy (non-hydrogen) atoms. The molecule has 4 nitrogen and oxygen atoms in total. The number of aromatic nitrogens is 1. The van der Waals surface area contributed by atoms with Gasteiger partial charge in [-0.25, -0.2) is 4.98 Å². The van der Waals surface area contributed by atoms with Crippen molar-refractivity contribution in [3.63, 3.8) is 0 Å². The molecule has 5 heteroatoms. The third-order valence-electron chi connectivity index (χ3n) is 4.98. The highest BCUT2D eigenvalue weighted by Gasteiger charge is 2.19. The van der Waals surface area contributed by atoms with Crippen LogP contribution >= 0.6 is 11.3 Å². The predicted molar refractivity (Wildman–Crippen MR) is 118 cm³/mol. The van der Waals surface area contributed by atoms with Crippen LogP contribution in [-0.4, -0.2) is 21.8 Å². The average Bonchev–Trinajstić information content (AvgIpc) is 3.15. The standard InChI is InChI=1S/C24H28N2O2S/c1-17(2)26(24(27)13-20-10-6-5-7-11-20)14-21-16-29-23(25-21)15-28-22-12-8-9-18(3)19(22)4/h5-12,16-17H,13-15H2,1-4H3. The van der Waals surface area contributed by atoms with E-state index in [4.69, 9.17) is 4.74 Å². The lowest BCUT2D eigenvalue weighted by molar-refractivity contribution is -0.132. The first-order valence-electron chi connectivity index (χ1n) is 9.89. The van der Waals surface area contributed by atoms with Crippen molar-refractivity contribution in [3.8, 4) is 5.75 Å². The Labute approximate surface area is 177 Å². The van der Waals surface area contributed by atoms with E-state index in [0.717, 1.165) is 27.6 Å². The number of rotatable bonds is 8. The van der Waals surface area contributed by atoms with Crippen LogP contribution in [0.5, 0.6) is 5.75 Å². The minimum absolute atomic E-state index is 0.113. The van der Waals surface area contributed by atoms with Gasteiger partial charge in [0.15, 0.2) is 0 Å². The molecule has 3 rings (SSSR count). The molecule has 0 bridgehead atoms. The lowest BCUT2D eigenvalue weighted by Gasteiger charge is -2.26. The van der Waals surface area contributed by atoms with Crippen LogP contribution in [0.3, 0.4) is 0 Å². The Morgan fingerprint density at radius 1 is 1.10 bits per heavy atom. The Kier molecular flexibility index (Phi) is 7.04. The number of carbonyl (C=O) groups is 1. The van der Waals surface area contributed by atoms with Crippen molar-refractivity contribution in [2.24, 2.45) is 0 Å². The fraction of sp³-hybridized carbons (Fsp3) is 0.333. The van der Waals surface area contributed by atoms with Crippen molar-refractivity contribution in [2.75, 3.05) is 0 Å². The minimum Gasteiger partial charge on any atom is -0.486 e. The highest BCUT2D eigenvalue weighted by molar-refractivity contribution is 7.09. The maximum Gasteiger partial charge on any atom is 0.227 e. The minimum atomic E-state index is 0.113. The second kappa shape index (κ2) is 9.70. The zero-order valence-corrected chi connectivity index (χ0v) is 18.3. The van der Waals surface area contributed by atoms with E-state index in [1.165, 1.54) is 5.56 Å². The Morgan fingerprint density at radius 3 is 2.59 bits per heavy atom. The number of benzene rings is 2. The average molecular weight is 409 g/mol. The Bertz CT molecular complexity index is 951. The molecule has 0 spiro atoms. The molecule has 0 fully saturated rings. The van der Waals surface area contributed by atoms with E-state index in [1.54, 1.807) is 11.3 Å². The van der Waals surface area contributed by atoms with E-state index in [2.05, 4.69) is 24.9 Å². The SMILES string of the molecule is Cc1cccc(OCc2nc(CN(C(=O)Cc3ccccc3)C(C)C)cs2)c1C. The van der Waals surface area contributed by atoms with Gasteiger partial charge in [0, 0.05) is 11.4 Å². The summed E-state index contributed by atoms with van der Waals surface area (Å²) in [6.07, 6.45) is 0.408. The number of aryl methyl sites for hydroxylation is 1. The second-order valence-electron chi connectivity index (χ2n) is 7.50. The van der Waals surface area contributed by atoms with Gasteiger partial charge in [-0.15, -0.1) is 11.3 Å². The maximum atomic E-state index is 12.8. The van der Waals surface area contributed by atoms with Crippen molar-refractivity contribution in [3.05, 3.63) is 81.3 Å². The maximum absolute atomic E-state index is 12.8. The fourth-order valence-electron chi connectivity index (χ4n) is 3.11. The van der Waals surface area contributed by atoms with Gasteiger partial charge in [0.25, 0.3) is 0 Å². The molecule has 0 N–H and O–H groups in total. The van der Waals surface area contributed by atoms with Gasteiger partial charge in [-0.05, 0) is 50.5 Å². The largest absolute Gasteiger partial charge is 0.486 e. The molecule has 0 unspecified atom stereocenters. The summed E-state index contributed by atoms with van der Waals surface area (Å²) in [4.78, 5) is 19.4. The number of hydrogen-bond acceptors (Lipinski definition) is 4. The number of carbonyl (C=O) groups excluding carboxylic acids is 1. The number of nitrogens with zero attached hydrogens (tertiary/aromatic N) is 2. The Morgan fingerprint density at radius 2 is 1.86 bits per heavy atom. The summed E-state index contributed by atoms with van der Waals surface area (Å²) in [6.45, 7) is 9.19. The van der Waals surface area contributed by atoms with Crippen LogP contribution in [0, 0.1) is 13.8 Å². The molecular formula is C24H28N2O2S. The molecule has 1 amide bonds. The van der Waals surface area contributed by atoms with Crippen molar-refractivity contribution in [1.29, 1.82) is 0 Å². The molecule has 3 aromatic rings. The van der Waals surface area contributed by atoms with Gasteiger partial charge in [0.05, 0.1) is 18.7 Å². The normalized spacial score (nSPS) is 10.9. The Balaban J connectivity index is 1.62. The molecule has 0 atom stereocenters. The molecule has 152 valence electrons. The van der Waals surface area contributed by atoms with E-state index in [0.29, 0.717) is 19.6 Å². The van der Waals surface area contributed by atoms with Crippen molar-refractivity contribution in [1.82, 2.24) is 9.88 Å². The lowest BCUT2D eigenvalue weighted by atomic mass is 10.1. The molecule has 0 saturated heterocycles. The van der Waals surface area contributed by atoms with Crippen LogP contribution in [0.2, 0.25) is 0 Å². The fourth-order valence-corrected chi connectivity index (χ4v) is 3.81. The summed E-state index contributed by atoms with van der Waals surface area (Å²) in [7, 11) is 0. The lowest BCUT2D eigenvalue weighted by Crippen LogP contribution is -2.37. The zero-order chi connectivity index (χ0) is 20.8. The van der Waals surface area contributed by atoms with Crippen LogP contribution < -0.4 is 4.74 Å². The third kappa shape index (κ3) is 5.67. The third-order valence-corrected chi connectivity index (χ3v) is 5.85. The van der Waals surface area contributed by atoms with Crippen molar-refractivity contribution >= 4 is 17.2 Å². The summed E-state index contributed by atoms with van der Waals surface area (Å²) >= 11 is 1.57. The van der Waals surface area contributed by atoms with Crippen LogP contribution in [0.4, 0.5) is 0 Å². The van der Waals surface area contributed by atoms with Crippen LogP contribution in [0.1, 0.15) is 41.2 Å². The molecule has 1 aromatic heterocycles. The van der Waals surface area contributed by atoms with Crippen LogP contribution in [0.25, 0.3) is 0 Å². The number of thiazole rings is 1. The van der Waals surface area contributed by atoms with Gasteiger partial charge >= 0.3 is 0 Å². The number of amides is 1. The molecule has 0 aliphatic rings. The summed E-state index contributed by atoms with van der Waals surface area (Å²) in [6, 6.07) is 16.0. The van der Waals surface area contributed by atoms with Gasteiger partial charge < -0.3 is 9.64 Å². The van der Waals surface area contributed by atoms with Crippen molar-refractivity contribution < 1.29 is 9.53 Å². The van der Waals surface area contributed by atoms with Gasteiger partial charge in [-0.2, -0.15) is 0 Å². The van der Waals surface area contributed by atoms with Gasteiger partial charge in [0.2, 0.25) is 5.91 Å². The van der Waals surface area contributed by atoms with Gasteiger partial charge in [-0.1, -0.05) is 42.5 Å². The quantitative estimate of drug-likeness (QED) is 0.507. The first-order valence-corrected chi connectivity index (χ1v) is 10.8.